The number of allylic oxidation sites excluding steroid dienone is 2. The lowest BCUT2D eigenvalue weighted by Gasteiger charge is -1.98. The van der Waals surface area contributed by atoms with Crippen molar-refractivity contribution in [3.8, 4) is 6.07 Å². The van der Waals surface area contributed by atoms with Crippen molar-refractivity contribution in [2.45, 2.75) is 19.4 Å². The molecule has 1 heterocycles. The van der Waals surface area contributed by atoms with Crippen molar-refractivity contribution in [1.82, 2.24) is 0 Å². The Bertz CT molecular complexity index is 469. The van der Waals surface area contributed by atoms with E-state index in [0.29, 0.717) is 30.8 Å². The molecule has 0 saturated carbocycles. The Balaban J connectivity index is 0.000000394. The highest BCUT2D eigenvalue weighted by molar-refractivity contribution is 5.87. The Labute approximate surface area is 124 Å². The van der Waals surface area contributed by atoms with Crippen molar-refractivity contribution in [1.29, 1.82) is 5.26 Å². The van der Waals surface area contributed by atoms with E-state index in [1.165, 1.54) is 7.11 Å². The summed E-state index contributed by atoms with van der Waals surface area (Å²) < 4.78 is 13.9. The number of ether oxygens (including phenoxy) is 3. The number of methoxy groups -OCH3 is 1. The van der Waals surface area contributed by atoms with Crippen LogP contribution in [0.1, 0.15) is 13.3 Å². The molecule has 0 radical (unpaired) electrons. The Hall–Kier alpha value is -2.39. The normalized spacial score (nSPS) is 15.7. The molecular weight excluding hydrogens is 274 g/mol. The Morgan fingerprint density at radius 3 is 2.57 bits per heavy atom. The van der Waals surface area contributed by atoms with Gasteiger partial charge in [-0.15, -0.1) is 0 Å². The van der Waals surface area contributed by atoms with Gasteiger partial charge in [-0.25, -0.2) is 9.59 Å². The highest BCUT2D eigenvalue weighted by atomic mass is 16.6. The number of nitriles is 1. The first kappa shape index (κ1) is 18.6. The molecule has 1 saturated heterocycles. The minimum absolute atomic E-state index is 0.147. The van der Waals surface area contributed by atoms with Crippen molar-refractivity contribution < 1.29 is 23.8 Å². The van der Waals surface area contributed by atoms with E-state index < -0.39 is 5.97 Å². The zero-order valence-corrected chi connectivity index (χ0v) is 12.3. The van der Waals surface area contributed by atoms with E-state index in [-0.39, 0.29) is 12.1 Å². The summed E-state index contributed by atoms with van der Waals surface area (Å²) in [6, 6.07) is 1.95. The summed E-state index contributed by atoms with van der Waals surface area (Å²) in [4.78, 5) is 21.1. The summed E-state index contributed by atoms with van der Waals surface area (Å²) >= 11 is 0. The highest BCUT2D eigenvalue weighted by Gasteiger charge is 2.23. The summed E-state index contributed by atoms with van der Waals surface area (Å²) in [5.74, 6) is -0.817. The van der Waals surface area contributed by atoms with Gasteiger partial charge in [0.15, 0.2) is 0 Å². The van der Waals surface area contributed by atoms with Gasteiger partial charge in [-0.1, -0.05) is 19.2 Å². The predicted molar refractivity (Wildman–Crippen MR) is 76.0 cm³/mol. The topological polar surface area (TPSA) is 88.9 Å². The molecule has 1 fully saturated rings. The molecular formula is C15H19NO5. The molecule has 0 N–H and O–H groups in total. The van der Waals surface area contributed by atoms with E-state index in [1.54, 1.807) is 13.0 Å². The second-order valence-corrected chi connectivity index (χ2v) is 4.09. The van der Waals surface area contributed by atoms with Crippen molar-refractivity contribution >= 4 is 11.9 Å². The Morgan fingerprint density at radius 2 is 2.14 bits per heavy atom. The fourth-order valence-electron chi connectivity index (χ4n) is 0.948. The number of nitrogens with zero attached hydrogens (tertiary/aromatic N) is 1. The molecule has 0 aromatic rings. The van der Waals surface area contributed by atoms with E-state index in [1.807, 2.05) is 6.07 Å². The van der Waals surface area contributed by atoms with E-state index in [4.69, 9.17) is 10.00 Å². The van der Waals surface area contributed by atoms with Gasteiger partial charge in [0.2, 0.25) is 0 Å². The second-order valence-electron chi connectivity index (χ2n) is 4.09. The molecule has 0 spiro atoms. The third-order valence-electron chi connectivity index (χ3n) is 2.29. The lowest BCUT2D eigenvalue weighted by molar-refractivity contribution is -0.138. The molecule has 0 aromatic heterocycles. The molecule has 1 aliphatic heterocycles. The summed E-state index contributed by atoms with van der Waals surface area (Å²) in [6.07, 6.45) is 3.29. The Kier molecular flexibility index (Phi) is 9.22. The monoisotopic (exact) mass is 293 g/mol. The first-order valence-corrected chi connectivity index (χ1v) is 6.18. The quantitative estimate of drug-likeness (QED) is 0.320. The number of carbonyl (C=O) groups is 2. The van der Waals surface area contributed by atoms with E-state index in [2.05, 4.69) is 22.6 Å². The van der Waals surface area contributed by atoms with Gasteiger partial charge in [-0.2, -0.15) is 5.26 Å². The van der Waals surface area contributed by atoms with Gasteiger partial charge in [0.25, 0.3) is 0 Å². The van der Waals surface area contributed by atoms with Gasteiger partial charge in [0.05, 0.1) is 19.8 Å². The van der Waals surface area contributed by atoms with Crippen molar-refractivity contribution in [3.63, 3.8) is 0 Å². The van der Waals surface area contributed by atoms with Crippen LogP contribution in [0.5, 0.6) is 0 Å². The highest BCUT2D eigenvalue weighted by Crippen LogP contribution is 2.08. The average Bonchev–Trinajstić information content (AvgIpc) is 3.33. The standard InChI is InChI=1S/C9H11NO2.C6H8O3/c1-7(6-10)4-5-8(2)9(11)12-3;1-2-6(7)9-4-5-3-8-5/h4H,2,5H2,1,3H3;2,5H,1,3-4H2. The predicted octanol–water partition coefficient (Wildman–Crippen LogP) is 1.69. The van der Waals surface area contributed by atoms with Gasteiger partial charge in [0.1, 0.15) is 12.7 Å². The third kappa shape index (κ3) is 10.1. The van der Waals surface area contributed by atoms with Crippen LogP contribution >= 0.6 is 0 Å². The molecule has 0 aromatic carbocycles. The van der Waals surface area contributed by atoms with Crippen LogP contribution in [0.25, 0.3) is 0 Å². The maximum absolute atomic E-state index is 10.8. The first-order chi connectivity index (χ1) is 9.94. The van der Waals surface area contributed by atoms with E-state index >= 15 is 0 Å². The number of carbonyl (C=O) groups excluding carboxylic acids is 2. The molecule has 1 aliphatic rings. The lowest BCUT2D eigenvalue weighted by atomic mass is 10.1. The Morgan fingerprint density at radius 1 is 1.52 bits per heavy atom. The van der Waals surface area contributed by atoms with Crippen LogP contribution in [0, 0.1) is 11.3 Å². The fourth-order valence-corrected chi connectivity index (χ4v) is 0.948. The average molecular weight is 293 g/mol. The second kappa shape index (κ2) is 10.4. The van der Waals surface area contributed by atoms with Crippen LogP contribution in [0.15, 0.2) is 36.5 Å². The molecule has 21 heavy (non-hydrogen) atoms. The lowest BCUT2D eigenvalue weighted by Crippen LogP contribution is -2.06. The summed E-state index contributed by atoms with van der Waals surface area (Å²) in [5.41, 5.74) is 0.923. The molecule has 6 heteroatoms. The maximum Gasteiger partial charge on any atom is 0.333 e. The van der Waals surface area contributed by atoms with Crippen LogP contribution in [-0.4, -0.2) is 38.4 Å². The van der Waals surface area contributed by atoms with Crippen LogP contribution in [-0.2, 0) is 23.8 Å². The summed E-state index contributed by atoms with van der Waals surface area (Å²) in [5, 5.41) is 8.38. The number of hydrogen-bond acceptors (Lipinski definition) is 6. The van der Waals surface area contributed by atoms with Gasteiger partial charge in [0, 0.05) is 17.2 Å². The van der Waals surface area contributed by atoms with E-state index in [0.717, 1.165) is 6.08 Å². The van der Waals surface area contributed by atoms with E-state index in [9.17, 15) is 9.59 Å². The molecule has 6 nitrogen and oxygen atoms in total. The third-order valence-corrected chi connectivity index (χ3v) is 2.29. The van der Waals surface area contributed by atoms with Gasteiger partial charge < -0.3 is 14.2 Å². The minimum Gasteiger partial charge on any atom is -0.466 e. The number of hydrogen-bond donors (Lipinski definition) is 0. The fraction of sp³-hybridized carbons (Fsp3) is 0.400. The maximum atomic E-state index is 10.8. The number of epoxide rings is 1. The van der Waals surface area contributed by atoms with Crippen molar-refractivity contribution in [2.24, 2.45) is 0 Å². The SMILES string of the molecule is C=C(CC=C(C)C#N)C(=O)OC.C=CC(=O)OCC1CO1. The van der Waals surface area contributed by atoms with Crippen molar-refractivity contribution in [2.75, 3.05) is 20.3 Å². The molecule has 114 valence electrons. The molecule has 0 amide bonds. The zero-order chi connectivity index (χ0) is 16.3. The van der Waals surface area contributed by atoms with Crippen LogP contribution in [0.2, 0.25) is 0 Å². The summed E-state index contributed by atoms with van der Waals surface area (Å²) in [7, 11) is 1.30. The van der Waals surface area contributed by atoms with Gasteiger partial charge >= 0.3 is 11.9 Å². The number of rotatable bonds is 6. The molecule has 0 bridgehead atoms. The van der Waals surface area contributed by atoms with Crippen LogP contribution in [0.3, 0.4) is 0 Å². The smallest absolute Gasteiger partial charge is 0.333 e. The first-order valence-electron chi connectivity index (χ1n) is 6.18. The summed E-state index contributed by atoms with van der Waals surface area (Å²) in [6.45, 7) is 9.50. The van der Waals surface area contributed by atoms with Crippen LogP contribution < -0.4 is 0 Å². The van der Waals surface area contributed by atoms with Crippen LogP contribution in [0.4, 0.5) is 0 Å². The number of esters is 2. The molecule has 1 atom stereocenters. The van der Waals surface area contributed by atoms with Gasteiger partial charge in [-0.05, 0) is 13.3 Å². The zero-order valence-electron chi connectivity index (χ0n) is 12.3. The molecule has 0 aliphatic carbocycles. The van der Waals surface area contributed by atoms with Gasteiger partial charge in [-0.3, -0.25) is 0 Å². The van der Waals surface area contributed by atoms with Crippen molar-refractivity contribution in [3.05, 3.63) is 36.5 Å². The largest absolute Gasteiger partial charge is 0.466 e. The molecule has 1 unspecified atom stereocenters. The molecule has 1 rings (SSSR count). The minimum atomic E-state index is -0.433.